The van der Waals surface area contributed by atoms with Crippen molar-refractivity contribution >= 4 is 23.4 Å². The highest BCUT2D eigenvalue weighted by Crippen LogP contribution is 2.36. The Morgan fingerprint density at radius 3 is 2.64 bits per heavy atom. The monoisotopic (exact) mass is 506 g/mol. The molecule has 0 radical (unpaired) electrons. The summed E-state index contributed by atoms with van der Waals surface area (Å²) in [6, 6.07) is 12.6. The number of nitrogens with zero attached hydrogens (tertiary/aromatic N) is 2. The first-order valence-corrected chi connectivity index (χ1v) is 12.8. The van der Waals surface area contributed by atoms with Gasteiger partial charge in [-0.15, -0.1) is 0 Å². The van der Waals surface area contributed by atoms with Gasteiger partial charge >= 0.3 is 5.97 Å². The molecule has 188 valence electrons. The van der Waals surface area contributed by atoms with Crippen LogP contribution in [0.2, 0.25) is 0 Å². The molecular weight excluding hydrogens is 476 g/mol. The van der Waals surface area contributed by atoms with Gasteiger partial charge in [-0.2, -0.15) is 0 Å². The van der Waals surface area contributed by atoms with E-state index in [1.807, 2.05) is 62.4 Å². The van der Waals surface area contributed by atoms with Gasteiger partial charge in [0.1, 0.15) is 17.5 Å². The number of hydrogen-bond acceptors (Lipinski definition) is 7. The van der Waals surface area contributed by atoms with E-state index >= 15 is 0 Å². The Labute approximate surface area is 214 Å². The number of benzene rings is 2. The van der Waals surface area contributed by atoms with Gasteiger partial charge in [0.05, 0.1) is 36.1 Å². The minimum atomic E-state index is -0.719. The first kappa shape index (κ1) is 25.4. The van der Waals surface area contributed by atoms with Crippen LogP contribution < -0.4 is 24.4 Å². The number of esters is 1. The largest absolute Gasteiger partial charge is 0.496 e. The molecule has 0 spiro atoms. The summed E-state index contributed by atoms with van der Waals surface area (Å²) in [6.45, 7) is 8.26. The standard InChI is InChI=1S/C28H30N2O5S/c1-6-14-35-21-11-9-8-10-20(21)25-24(27(32)34-7-2)18(4)29-28-30(25)26(31)23(36-28)16-19-13-12-17(3)22(15-19)33-5/h8-13,15-16,25H,6-7,14H2,1-5H3/b23-16+. The van der Waals surface area contributed by atoms with Crippen molar-refractivity contribution in [2.24, 2.45) is 4.99 Å². The van der Waals surface area contributed by atoms with Crippen LogP contribution in [0.15, 0.2) is 63.5 Å². The summed E-state index contributed by atoms with van der Waals surface area (Å²) in [5, 5.41) is 0. The fourth-order valence-corrected chi connectivity index (χ4v) is 5.26. The Hall–Kier alpha value is -3.65. The van der Waals surface area contributed by atoms with Crippen molar-refractivity contribution in [3.05, 3.63) is 90.1 Å². The lowest BCUT2D eigenvalue weighted by Crippen LogP contribution is -2.40. The Balaban J connectivity index is 1.95. The normalized spacial score (nSPS) is 15.4. The minimum Gasteiger partial charge on any atom is -0.496 e. The lowest BCUT2D eigenvalue weighted by Gasteiger charge is -2.26. The summed E-state index contributed by atoms with van der Waals surface area (Å²) in [7, 11) is 1.62. The highest BCUT2D eigenvalue weighted by molar-refractivity contribution is 7.07. The van der Waals surface area contributed by atoms with Crippen LogP contribution in [0.25, 0.3) is 6.08 Å². The fraction of sp³-hybridized carbons (Fsp3) is 0.321. The van der Waals surface area contributed by atoms with Crippen molar-refractivity contribution in [1.29, 1.82) is 0 Å². The number of allylic oxidation sites excluding steroid dienone is 1. The molecule has 2 aromatic carbocycles. The number of aryl methyl sites for hydroxylation is 1. The van der Waals surface area contributed by atoms with Gasteiger partial charge in [0.25, 0.3) is 5.56 Å². The van der Waals surface area contributed by atoms with Gasteiger partial charge in [-0.05, 0) is 56.5 Å². The van der Waals surface area contributed by atoms with Crippen LogP contribution >= 0.6 is 11.3 Å². The van der Waals surface area contributed by atoms with Crippen molar-refractivity contribution in [3.63, 3.8) is 0 Å². The fourth-order valence-electron chi connectivity index (χ4n) is 4.21. The zero-order valence-corrected chi connectivity index (χ0v) is 22.0. The number of rotatable bonds is 8. The molecule has 3 aromatic rings. The van der Waals surface area contributed by atoms with Crippen LogP contribution in [0, 0.1) is 6.92 Å². The smallest absolute Gasteiger partial charge is 0.338 e. The van der Waals surface area contributed by atoms with E-state index in [0.29, 0.717) is 38.5 Å². The number of aromatic nitrogens is 1. The maximum absolute atomic E-state index is 13.8. The van der Waals surface area contributed by atoms with E-state index in [2.05, 4.69) is 4.99 Å². The average Bonchev–Trinajstić information content (AvgIpc) is 3.17. The van der Waals surface area contributed by atoms with Gasteiger partial charge in [0.15, 0.2) is 4.80 Å². The van der Waals surface area contributed by atoms with Crippen LogP contribution in [-0.4, -0.2) is 30.9 Å². The number of fused-ring (bicyclic) bond motifs is 1. The zero-order valence-electron chi connectivity index (χ0n) is 21.2. The van der Waals surface area contributed by atoms with Gasteiger partial charge in [-0.1, -0.05) is 48.6 Å². The molecule has 1 aliphatic heterocycles. The Bertz CT molecular complexity index is 1500. The quantitative estimate of drug-likeness (QED) is 0.433. The SMILES string of the molecule is CCCOc1ccccc1C1C(C(=O)OCC)=C(C)N=c2s/c(=C/c3ccc(C)c(OC)c3)c(=O)n21. The molecule has 36 heavy (non-hydrogen) atoms. The summed E-state index contributed by atoms with van der Waals surface area (Å²) in [5.41, 5.74) is 3.19. The summed E-state index contributed by atoms with van der Waals surface area (Å²) >= 11 is 1.29. The number of carbonyl (C=O) groups is 1. The molecule has 4 rings (SSSR count). The van der Waals surface area contributed by atoms with Gasteiger partial charge < -0.3 is 14.2 Å². The van der Waals surface area contributed by atoms with Gasteiger partial charge in [0.2, 0.25) is 0 Å². The van der Waals surface area contributed by atoms with E-state index in [4.69, 9.17) is 14.2 Å². The molecule has 0 N–H and O–H groups in total. The molecule has 0 saturated heterocycles. The molecule has 8 heteroatoms. The number of thiazole rings is 1. The molecule has 0 bridgehead atoms. The Morgan fingerprint density at radius 2 is 1.92 bits per heavy atom. The van der Waals surface area contributed by atoms with Crippen LogP contribution in [0.4, 0.5) is 0 Å². The van der Waals surface area contributed by atoms with Crippen molar-refractivity contribution in [1.82, 2.24) is 4.57 Å². The van der Waals surface area contributed by atoms with E-state index < -0.39 is 12.0 Å². The number of carbonyl (C=O) groups excluding carboxylic acids is 1. The van der Waals surface area contributed by atoms with Gasteiger partial charge in [-0.25, -0.2) is 9.79 Å². The maximum Gasteiger partial charge on any atom is 0.338 e. The molecule has 1 atom stereocenters. The van der Waals surface area contributed by atoms with E-state index in [9.17, 15) is 9.59 Å². The third-order valence-electron chi connectivity index (χ3n) is 5.92. The molecule has 1 aliphatic rings. The molecular formula is C28H30N2O5S. The van der Waals surface area contributed by atoms with E-state index in [1.165, 1.54) is 11.3 Å². The van der Waals surface area contributed by atoms with Crippen molar-refractivity contribution in [2.75, 3.05) is 20.3 Å². The summed E-state index contributed by atoms with van der Waals surface area (Å²) in [6.07, 6.45) is 2.66. The second kappa shape index (κ2) is 11.0. The molecule has 0 saturated carbocycles. The average molecular weight is 507 g/mol. The third-order valence-corrected chi connectivity index (χ3v) is 6.91. The summed E-state index contributed by atoms with van der Waals surface area (Å²) in [5.74, 6) is 0.877. The molecule has 2 heterocycles. The number of hydrogen-bond donors (Lipinski definition) is 0. The van der Waals surface area contributed by atoms with Crippen LogP contribution in [0.5, 0.6) is 11.5 Å². The lowest BCUT2D eigenvalue weighted by atomic mass is 9.95. The van der Waals surface area contributed by atoms with Gasteiger partial charge in [0, 0.05) is 5.56 Å². The molecule has 1 aromatic heterocycles. The van der Waals surface area contributed by atoms with Crippen molar-refractivity contribution in [3.8, 4) is 11.5 Å². The molecule has 0 aliphatic carbocycles. The highest BCUT2D eigenvalue weighted by atomic mass is 32.1. The molecule has 0 amide bonds. The topological polar surface area (TPSA) is 79.1 Å². The minimum absolute atomic E-state index is 0.218. The van der Waals surface area contributed by atoms with E-state index in [-0.39, 0.29) is 12.2 Å². The second-order valence-corrected chi connectivity index (χ2v) is 9.43. The molecule has 0 fully saturated rings. The van der Waals surface area contributed by atoms with Crippen LogP contribution in [-0.2, 0) is 9.53 Å². The van der Waals surface area contributed by atoms with Gasteiger partial charge in [-0.3, -0.25) is 9.36 Å². The second-order valence-electron chi connectivity index (χ2n) is 8.42. The first-order chi connectivity index (χ1) is 17.4. The molecule has 7 nitrogen and oxygen atoms in total. The number of ether oxygens (including phenoxy) is 3. The highest BCUT2D eigenvalue weighted by Gasteiger charge is 2.35. The summed E-state index contributed by atoms with van der Waals surface area (Å²) < 4.78 is 18.9. The third kappa shape index (κ3) is 4.86. The van der Waals surface area contributed by atoms with Crippen LogP contribution in [0.3, 0.4) is 0 Å². The summed E-state index contributed by atoms with van der Waals surface area (Å²) in [4.78, 5) is 32.1. The number of para-hydroxylation sites is 1. The van der Waals surface area contributed by atoms with Crippen LogP contribution in [0.1, 0.15) is 49.9 Å². The maximum atomic E-state index is 13.8. The predicted molar refractivity (Wildman–Crippen MR) is 140 cm³/mol. The van der Waals surface area contributed by atoms with Crippen molar-refractivity contribution < 1.29 is 19.0 Å². The Kier molecular flexibility index (Phi) is 7.74. The first-order valence-electron chi connectivity index (χ1n) is 12.0. The van der Waals surface area contributed by atoms with E-state index in [0.717, 1.165) is 23.3 Å². The predicted octanol–water partition coefficient (Wildman–Crippen LogP) is 3.90. The lowest BCUT2D eigenvalue weighted by molar-refractivity contribution is -0.139. The Morgan fingerprint density at radius 1 is 1.14 bits per heavy atom. The zero-order chi connectivity index (χ0) is 25.8. The van der Waals surface area contributed by atoms with Crippen molar-refractivity contribution in [2.45, 2.75) is 40.2 Å². The van der Waals surface area contributed by atoms with E-state index in [1.54, 1.807) is 25.5 Å². The number of methoxy groups -OCH3 is 1. The molecule has 1 unspecified atom stereocenters.